The van der Waals surface area contributed by atoms with E-state index in [-0.39, 0.29) is 21.4 Å². The molecular weight excluding hydrogens is 417 g/mol. The van der Waals surface area contributed by atoms with E-state index in [1.807, 2.05) is 0 Å². The van der Waals surface area contributed by atoms with Crippen LogP contribution in [0.2, 0.25) is 10.0 Å². The van der Waals surface area contributed by atoms with Crippen molar-refractivity contribution < 1.29 is 19.1 Å². The van der Waals surface area contributed by atoms with E-state index in [0.29, 0.717) is 11.4 Å². The SMILES string of the molecule is COc1ccccc1N1C(=O)C2C(C(C)=O)=NN(c3c(Cl)cccc3Cl)C2C1=O. The second-order valence-corrected chi connectivity index (χ2v) is 7.38. The van der Waals surface area contributed by atoms with Crippen LogP contribution in [0.3, 0.4) is 0 Å². The minimum Gasteiger partial charge on any atom is -0.495 e. The topological polar surface area (TPSA) is 79.3 Å². The van der Waals surface area contributed by atoms with Crippen LogP contribution in [0.4, 0.5) is 11.4 Å². The second-order valence-electron chi connectivity index (χ2n) is 6.56. The highest BCUT2D eigenvalue weighted by Gasteiger charge is 2.58. The van der Waals surface area contributed by atoms with E-state index in [1.54, 1.807) is 42.5 Å². The van der Waals surface area contributed by atoms with Crippen LogP contribution in [-0.2, 0) is 14.4 Å². The van der Waals surface area contributed by atoms with Gasteiger partial charge in [0.05, 0.1) is 28.5 Å². The summed E-state index contributed by atoms with van der Waals surface area (Å²) in [6, 6.07) is 10.4. The van der Waals surface area contributed by atoms with Gasteiger partial charge in [0, 0.05) is 6.92 Å². The van der Waals surface area contributed by atoms with Gasteiger partial charge in [-0.05, 0) is 24.3 Å². The van der Waals surface area contributed by atoms with Crippen molar-refractivity contribution >= 4 is 57.9 Å². The average Bonchev–Trinajstić information content (AvgIpc) is 3.19. The van der Waals surface area contributed by atoms with Crippen molar-refractivity contribution in [3.05, 3.63) is 52.5 Å². The molecule has 2 unspecified atom stereocenters. The third kappa shape index (κ3) is 2.89. The number of carbonyl (C=O) groups is 3. The van der Waals surface area contributed by atoms with E-state index in [1.165, 1.54) is 19.0 Å². The molecule has 7 nitrogen and oxygen atoms in total. The summed E-state index contributed by atoms with van der Waals surface area (Å²) >= 11 is 12.6. The summed E-state index contributed by atoms with van der Waals surface area (Å²) in [4.78, 5) is 39.9. The number of para-hydroxylation sites is 3. The molecule has 2 aliphatic heterocycles. The van der Waals surface area contributed by atoms with Gasteiger partial charge in [-0.3, -0.25) is 14.4 Å². The van der Waals surface area contributed by atoms with Gasteiger partial charge in [-0.1, -0.05) is 41.4 Å². The highest BCUT2D eigenvalue weighted by molar-refractivity contribution is 6.49. The maximum Gasteiger partial charge on any atom is 0.260 e. The molecule has 2 aromatic carbocycles. The maximum atomic E-state index is 13.4. The number of nitrogens with zero attached hydrogens (tertiary/aromatic N) is 3. The molecule has 9 heteroatoms. The molecule has 0 N–H and O–H groups in total. The van der Waals surface area contributed by atoms with E-state index in [0.717, 1.165) is 4.90 Å². The predicted octanol–water partition coefficient (Wildman–Crippen LogP) is 3.33. The lowest BCUT2D eigenvalue weighted by atomic mass is 9.95. The minimum atomic E-state index is -1.07. The van der Waals surface area contributed by atoms with Gasteiger partial charge in [0.2, 0.25) is 5.91 Å². The van der Waals surface area contributed by atoms with Crippen LogP contribution in [0.25, 0.3) is 0 Å². The van der Waals surface area contributed by atoms with Gasteiger partial charge in [0.25, 0.3) is 5.91 Å². The molecule has 1 fully saturated rings. The molecule has 1 saturated heterocycles. The fourth-order valence-electron chi connectivity index (χ4n) is 3.65. The molecule has 29 heavy (non-hydrogen) atoms. The second kappa shape index (κ2) is 7.17. The van der Waals surface area contributed by atoms with Gasteiger partial charge < -0.3 is 4.74 Å². The minimum absolute atomic E-state index is 0.0123. The highest BCUT2D eigenvalue weighted by atomic mass is 35.5. The van der Waals surface area contributed by atoms with Crippen LogP contribution in [0.1, 0.15) is 6.92 Å². The Morgan fingerprint density at radius 1 is 1.03 bits per heavy atom. The standard InChI is InChI=1S/C20H15Cl2N3O4/c1-10(26)16-15-18(25(23-16)17-11(21)6-5-7-12(17)22)20(28)24(19(15)27)13-8-3-4-9-14(13)29-2/h3-9,15,18H,1-2H3. The molecule has 2 aliphatic rings. The van der Waals surface area contributed by atoms with E-state index in [9.17, 15) is 14.4 Å². The van der Waals surface area contributed by atoms with Gasteiger partial charge >= 0.3 is 0 Å². The molecule has 2 heterocycles. The van der Waals surface area contributed by atoms with E-state index < -0.39 is 29.6 Å². The monoisotopic (exact) mass is 431 g/mol. The summed E-state index contributed by atoms with van der Waals surface area (Å²) in [5.74, 6) is -2.20. The maximum absolute atomic E-state index is 13.4. The van der Waals surface area contributed by atoms with Crippen molar-refractivity contribution in [2.45, 2.75) is 13.0 Å². The first kappa shape index (κ1) is 19.4. The summed E-state index contributed by atoms with van der Waals surface area (Å²) in [5.41, 5.74) is 0.555. The summed E-state index contributed by atoms with van der Waals surface area (Å²) in [5, 5.41) is 6.05. The molecule has 0 aliphatic carbocycles. The number of hydrogen-bond acceptors (Lipinski definition) is 6. The first-order chi connectivity index (χ1) is 13.9. The van der Waals surface area contributed by atoms with Crippen molar-refractivity contribution in [2.24, 2.45) is 11.0 Å². The summed E-state index contributed by atoms with van der Waals surface area (Å²) < 4.78 is 5.30. The Kier molecular flexibility index (Phi) is 4.80. The largest absolute Gasteiger partial charge is 0.495 e. The Balaban J connectivity index is 1.87. The molecule has 0 radical (unpaired) electrons. The Morgan fingerprint density at radius 2 is 1.69 bits per heavy atom. The fraction of sp³-hybridized carbons (Fsp3) is 0.200. The number of imide groups is 1. The number of amides is 2. The molecule has 2 aromatic rings. The van der Waals surface area contributed by atoms with E-state index in [2.05, 4.69) is 5.10 Å². The normalized spacial score (nSPS) is 20.8. The number of hydrazone groups is 1. The molecule has 2 amide bonds. The quantitative estimate of drug-likeness (QED) is 0.693. The average molecular weight is 432 g/mol. The van der Waals surface area contributed by atoms with Crippen LogP contribution >= 0.6 is 23.2 Å². The number of carbonyl (C=O) groups excluding carboxylic acids is 3. The lowest BCUT2D eigenvalue weighted by Crippen LogP contribution is -2.39. The van der Waals surface area contributed by atoms with Gasteiger partial charge in [-0.2, -0.15) is 5.10 Å². The molecule has 0 aromatic heterocycles. The lowest BCUT2D eigenvalue weighted by molar-refractivity contribution is -0.122. The number of methoxy groups -OCH3 is 1. The Bertz CT molecular complexity index is 1060. The van der Waals surface area contributed by atoms with Crippen LogP contribution < -0.4 is 14.6 Å². The molecule has 2 atom stereocenters. The molecule has 0 bridgehead atoms. The number of Topliss-reactive ketones (excluding diaryl/α,β-unsaturated/α-hetero) is 1. The number of halogens is 2. The summed E-state index contributed by atoms with van der Waals surface area (Å²) in [6.07, 6.45) is 0. The van der Waals surface area contributed by atoms with E-state index >= 15 is 0 Å². The molecular formula is C20H15Cl2N3O4. The van der Waals surface area contributed by atoms with Crippen LogP contribution in [0, 0.1) is 5.92 Å². The molecule has 4 rings (SSSR count). The number of benzene rings is 2. The van der Waals surface area contributed by atoms with Crippen molar-refractivity contribution in [3.63, 3.8) is 0 Å². The predicted molar refractivity (Wildman–Crippen MR) is 110 cm³/mol. The van der Waals surface area contributed by atoms with Crippen LogP contribution in [0.5, 0.6) is 5.75 Å². The van der Waals surface area contributed by atoms with Crippen LogP contribution in [-0.4, -0.2) is 36.5 Å². The lowest BCUT2D eigenvalue weighted by Gasteiger charge is -2.24. The van der Waals surface area contributed by atoms with Crippen molar-refractivity contribution in [2.75, 3.05) is 17.0 Å². The number of fused-ring (bicyclic) bond motifs is 1. The highest BCUT2D eigenvalue weighted by Crippen LogP contribution is 2.44. The number of ether oxygens (including phenoxy) is 1. The zero-order valence-electron chi connectivity index (χ0n) is 15.4. The Labute approximate surface area is 176 Å². The zero-order valence-corrected chi connectivity index (χ0v) is 16.9. The molecule has 148 valence electrons. The molecule has 0 saturated carbocycles. The van der Waals surface area contributed by atoms with Crippen molar-refractivity contribution in [1.82, 2.24) is 0 Å². The Hall–Kier alpha value is -2.90. The van der Waals surface area contributed by atoms with Crippen molar-refractivity contribution in [1.29, 1.82) is 0 Å². The third-order valence-corrected chi connectivity index (χ3v) is 5.51. The smallest absolute Gasteiger partial charge is 0.260 e. The van der Waals surface area contributed by atoms with Gasteiger partial charge in [-0.15, -0.1) is 0 Å². The number of hydrogen-bond donors (Lipinski definition) is 0. The van der Waals surface area contributed by atoms with Gasteiger partial charge in [0.1, 0.15) is 23.4 Å². The third-order valence-electron chi connectivity index (χ3n) is 4.90. The molecule has 0 spiro atoms. The fourth-order valence-corrected chi connectivity index (χ4v) is 4.22. The number of anilines is 2. The van der Waals surface area contributed by atoms with Gasteiger partial charge in [0.15, 0.2) is 5.78 Å². The van der Waals surface area contributed by atoms with E-state index in [4.69, 9.17) is 27.9 Å². The van der Waals surface area contributed by atoms with Gasteiger partial charge in [-0.25, -0.2) is 9.91 Å². The first-order valence-corrected chi connectivity index (χ1v) is 9.46. The zero-order chi connectivity index (χ0) is 20.9. The van der Waals surface area contributed by atoms with Crippen LogP contribution in [0.15, 0.2) is 47.6 Å². The first-order valence-electron chi connectivity index (χ1n) is 8.70. The van der Waals surface area contributed by atoms with Crippen molar-refractivity contribution in [3.8, 4) is 5.75 Å². The Morgan fingerprint density at radius 3 is 2.31 bits per heavy atom. The number of rotatable bonds is 4. The summed E-state index contributed by atoms with van der Waals surface area (Å²) in [7, 11) is 1.45. The summed E-state index contributed by atoms with van der Waals surface area (Å²) in [6.45, 7) is 1.30. The number of ketones is 1.